The summed E-state index contributed by atoms with van der Waals surface area (Å²) in [6, 6.07) is 18.0. The highest BCUT2D eigenvalue weighted by molar-refractivity contribution is 6.03. The van der Waals surface area contributed by atoms with Crippen molar-refractivity contribution in [2.75, 3.05) is 6.54 Å². The average molecular weight is 418 g/mol. The van der Waals surface area contributed by atoms with Crippen molar-refractivity contribution in [2.45, 2.75) is 52.7 Å². The summed E-state index contributed by atoms with van der Waals surface area (Å²) in [5.41, 5.74) is 2.82. The van der Waals surface area contributed by atoms with Gasteiger partial charge in [0, 0.05) is 24.0 Å². The van der Waals surface area contributed by atoms with Crippen molar-refractivity contribution in [3.05, 3.63) is 71.4 Å². The first-order valence-corrected chi connectivity index (χ1v) is 11.0. The number of para-hydroxylation sites is 1. The van der Waals surface area contributed by atoms with Crippen LogP contribution in [0.2, 0.25) is 0 Å². The third-order valence-corrected chi connectivity index (χ3v) is 6.42. The van der Waals surface area contributed by atoms with Crippen LogP contribution >= 0.6 is 0 Å². The monoisotopic (exact) mass is 417 g/mol. The average Bonchev–Trinajstić information content (AvgIpc) is 3.10. The van der Waals surface area contributed by atoms with Gasteiger partial charge < -0.3 is 14.8 Å². The fraction of sp³-hybridized carbons (Fsp3) is 0.385. The van der Waals surface area contributed by atoms with Gasteiger partial charge in [-0.3, -0.25) is 9.59 Å². The van der Waals surface area contributed by atoms with E-state index < -0.39 is 5.54 Å². The van der Waals surface area contributed by atoms with E-state index in [1.54, 1.807) is 4.90 Å². The molecule has 5 nitrogen and oxygen atoms in total. The van der Waals surface area contributed by atoms with E-state index in [1.807, 2.05) is 73.0 Å². The Morgan fingerprint density at radius 2 is 1.84 bits per heavy atom. The number of nitrogens with zero attached hydrogens (tertiary/aromatic N) is 2. The van der Waals surface area contributed by atoms with Crippen molar-refractivity contribution in [2.24, 2.45) is 5.92 Å². The quantitative estimate of drug-likeness (QED) is 0.641. The van der Waals surface area contributed by atoms with Crippen molar-refractivity contribution in [3.8, 4) is 0 Å². The summed E-state index contributed by atoms with van der Waals surface area (Å²) in [7, 11) is 0. The Morgan fingerprint density at radius 1 is 1.13 bits per heavy atom. The summed E-state index contributed by atoms with van der Waals surface area (Å²) in [4.78, 5) is 29.0. The molecule has 0 fully saturated rings. The lowest BCUT2D eigenvalue weighted by Crippen LogP contribution is -2.63. The van der Waals surface area contributed by atoms with Crippen molar-refractivity contribution in [1.82, 2.24) is 14.8 Å². The van der Waals surface area contributed by atoms with Crippen LogP contribution in [-0.2, 0) is 17.9 Å². The zero-order valence-corrected chi connectivity index (χ0v) is 18.8. The maximum Gasteiger partial charge on any atom is 0.271 e. The minimum atomic E-state index is -0.981. The van der Waals surface area contributed by atoms with Crippen LogP contribution in [0, 0.1) is 12.8 Å². The molecule has 31 heavy (non-hydrogen) atoms. The summed E-state index contributed by atoms with van der Waals surface area (Å²) >= 11 is 0. The minimum absolute atomic E-state index is 0.0986. The second-order valence-electron chi connectivity index (χ2n) is 9.20. The molecule has 3 aromatic rings. The van der Waals surface area contributed by atoms with Gasteiger partial charge in [0.2, 0.25) is 5.91 Å². The zero-order chi connectivity index (χ0) is 22.2. The molecule has 2 heterocycles. The molecule has 0 spiro atoms. The maximum atomic E-state index is 13.7. The number of nitrogens with one attached hydrogen (secondary N) is 1. The normalized spacial score (nSPS) is 18.5. The van der Waals surface area contributed by atoms with E-state index >= 15 is 0 Å². The molecule has 1 aliphatic rings. The van der Waals surface area contributed by atoms with Gasteiger partial charge >= 0.3 is 0 Å². The minimum Gasteiger partial charge on any atom is -0.354 e. The molecule has 1 N–H and O–H groups in total. The number of hydrogen-bond acceptors (Lipinski definition) is 2. The van der Waals surface area contributed by atoms with E-state index in [1.165, 1.54) is 0 Å². The van der Waals surface area contributed by atoms with E-state index in [-0.39, 0.29) is 11.8 Å². The lowest BCUT2D eigenvalue weighted by molar-refractivity contribution is -0.133. The molecule has 0 bridgehead atoms. The molecule has 2 aromatic carbocycles. The predicted octanol–water partition coefficient (Wildman–Crippen LogP) is 4.53. The Morgan fingerprint density at radius 3 is 2.58 bits per heavy atom. The molecule has 4 rings (SSSR count). The van der Waals surface area contributed by atoms with Gasteiger partial charge in [-0.2, -0.15) is 0 Å². The van der Waals surface area contributed by atoms with Crippen LogP contribution in [0.25, 0.3) is 10.9 Å². The Hall–Kier alpha value is -3.08. The molecule has 1 aromatic heterocycles. The molecule has 0 aliphatic carbocycles. The van der Waals surface area contributed by atoms with Crippen LogP contribution in [-0.4, -0.2) is 33.4 Å². The highest BCUT2D eigenvalue weighted by atomic mass is 16.2. The molecule has 0 saturated carbocycles. The van der Waals surface area contributed by atoms with Crippen LogP contribution < -0.4 is 5.32 Å². The highest BCUT2D eigenvalue weighted by Crippen LogP contribution is 2.33. The number of amides is 2. The summed E-state index contributed by atoms with van der Waals surface area (Å²) in [6.45, 7) is 9.66. The van der Waals surface area contributed by atoms with Crippen LogP contribution in [0.5, 0.6) is 0 Å². The first-order valence-electron chi connectivity index (χ1n) is 11.0. The number of rotatable bonds is 6. The fourth-order valence-corrected chi connectivity index (χ4v) is 4.38. The molecule has 1 aliphatic heterocycles. The Bertz CT molecular complexity index is 1130. The SMILES string of the molecule is Cc1ccccc1CN1C(=O)c2cc3ccccc3n2C[C@@]1(C)C(=O)NCCC(C)C. The first kappa shape index (κ1) is 21.2. The second-order valence-corrected chi connectivity index (χ2v) is 9.20. The van der Waals surface area contributed by atoms with Crippen LogP contribution in [0.3, 0.4) is 0 Å². The standard InChI is InChI=1S/C26H31N3O2/c1-18(2)13-14-27-25(31)26(4)17-28-22-12-8-7-10-20(22)15-23(28)24(30)29(26)16-21-11-6-5-9-19(21)3/h5-12,15,18H,13-14,16-17H2,1-4H3,(H,27,31)/t26-/m0/s1. The van der Waals surface area contributed by atoms with Gasteiger partial charge in [-0.25, -0.2) is 0 Å². The van der Waals surface area contributed by atoms with E-state index in [0.29, 0.717) is 31.2 Å². The van der Waals surface area contributed by atoms with Crippen LogP contribution in [0.4, 0.5) is 0 Å². The first-order chi connectivity index (χ1) is 14.8. The lowest BCUT2D eigenvalue weighted by Gasteiger charge is -2.44. The van der Waals surface area contributed by atoms with Crippen molar-refractivity contribution < 1.29 is 9.59 Å². The van der Waals surface area contributed by atoms with Crippen LogP contribution in [0.1, 0.15) is 48.8 Å². The number of carbonyl (C=O) groups excluding carboxylic acids is 2. The molecular weight excluding hydrogens is 386 g/mol. The smallest absolute Gasteiger partial charge is 0.271 e. The van der Waals surface area contributed by atoms with Gasteiger partial charge in [0.25, 0.3) is 5.91 Å². The summed E-state index contributed by atoms with van der Waals surface area (Å²) in [6.07, 6.45) is 0.908. The Kier molecular flexibility index (Phi) is 5.61. The Balaban J connectivity index is 1.76. The Labute approximate surface area is 184 Å². The predicted molar refractivity (Wildman–Crippen MR) is 124 cm³/mol. The molecule has 0 unspecified atom stereocenters. The summed E-state index contributed by atoms with van der Waals surface area (Å²) in [5, 5.41) is 4.12. The zero-order valence-electron chi connectivity index (χ0n) is 18.8. The molecule has 1 atom stereocenters. The molecule has 0 saturated heterocycles. The van der Waals surface area contributed by atoms with Gasteiger partial charge in [-0.05, 0) is 49.4 Å². The third kappa shape index (κ3) is 3.85. The van der Waals surface area contributed by atoms with E-state index in [9.17, 15) is 9.59 Å². The number of benzene rings is 2. The molecule has 162 valence electrons. The molecule has 5 heteroatoms. The van der Waals surface area contributed by atoms with Gasteiger partial charge in [0.1, 0.15) is 11.2 Å². The van der Waals surface area contributed by atoms with Crippen molar-refractivity contribution in [3.63, 3.8) is 0 Å². The number of fused-ring (bicyclic) bond motifs is 3. The number of aryl methyl sites for hydroxylation is 1. The van der Waals surface area contributed by atoms with E-state index in [2.05, 4.69) is 19.2 Å². The highest BCUT2D eigenvalue weighted by Gasteiger charge is 2.47. The number of carbonyl (C=O) groups is 2. The van der Waals surface area contributed by atoms with Crippen molar-refractivity contribution >= 4 is 22.7 Å². The molecule has 0 radical (unpaired) electrons. The van der Waals surface area contributed by atoms with Gasteiger partial charge in [-0.15, -0.1) is 0 Å². The topological polar surface area (TPSA) is 54.3 Å². The summed E-state index contributed by atoms with van der Waals surface area (Å²) in [5.74, 6) is 0.301. The third-order valence-electron chi connectivity index (χ3n) is 6.42. The van der Waals surface area contributed by atoms with Crippen molar-refractivity contribution in [1.29, 1.82) is 0 Å². The number of hydrogen-bond donors (Lipinski definition) is 1. The fourth-order valence-electron chi connectivity index (χ4n) is 4.38. The largest absolute Gasteiger partial charge is 0.354 e. The lowest BCUT2D eigenvalue weighted by atomic mass is 9.93. The van der Waals surface area contributed by atoms with Gasteiger partial charge in [0.05, 0.1) is 6.54 Å². The van der Waals surface area contributed by atoms with E-state index in [0.717, 1.165) is 28.5 Å². The van der Waals surface area contributed by atoms with Crippen LogP contribution in [0.15, 0.2) is 54.6 Å². The van der Waals surface area contributed by atoms with Gasteiger partial charge in [-0.1, -0.05) is 56.3 Å². The molecular formula is C26H31N3O2. The molecule has 2 amide bonds. The van der Waals surface area contributed by atoms with Gasteiger partial charge in [0.15, 0.2) is 0 Å². The summed E-state index contributed by atoms with van der Waals surface area (Å²) < 4.78 is 2.01. The van der Waals surface area contributed by atoms with E-state index in [4.69, 9.17) is 0 Å². The second kappa shape index (κ2) is 8.22. The maximum absolute atomic E-state index is 13.7. The number of aromatic nitrogens is 1.